The molecule has 0 saturated carbocycles. The number of amides is 1. The number of hydrogen-bond donors (Lipinski definition) is 5. The summed E-state index contributed by atoms with van der Waals surface area (Å²) in [5, 5.41) is 43.5. The van der Waals surface area contributed by atoms with Crippen LogP contribution in [0.25, 0.3) is 0 Å². The van der Waals surface area contributed by atoms with Gasteiger partial charge >= 0.3 is 5.97 Å². The Hall–Kier alpha value is -3.55. The summed E-state index contributed by atoms with van der Waals surface area (Å²) in [6.45, 7) is 2.56. The summed E-state index contributed by atoms with van der Waals surface area (Å²) in [6, 6.07) is 7.67. The molecule has 45 heavy (non-hydrogen) atoms. The second-order valence-electron chi connectivity index (χ2n) is 11.3. The monoisotopic (exact) mass is 649 g/mol. The number of aliphatic hydroxyl groups excluding tert-OH is 2. The number of carbonyl (C=O) groups is 2. The number of carboxylic acids is 1. The lowest BCUT2D eigenvalue weighted by Gasteiger charge is -2.17. The Labute approximate surface area is 265 Å². The number of non-ortho nitro benzene ring substituents is 1. The number of sulfonamides is 1. The topological polar surface area (TPSA) is 196 Å². The minimum atomic E-state index is -4.30. The fourth-order valence-corrected chi connectivity index (χ4v) is 5.99. The number of anilines is 1. The quantitative estimate of drug-likeness (QED) is 0.0542. The van der Waals surface area contributed by atoms with E-state index in [0.29, 0.717) is 19.4 Å². The number of unbranched alkanes of at least 4 members (excludes halogenated alkanes) is 10. The summed E-state index contributed by atoms with van der Waals surface area (Å²) >= 11 is 0. The number of benzene rings is 2. The molecule has 0 heterocycles. The maximum Gasteiger partial charge on any atom is 0.337 e. The normalized spacial score (nSPS) is 12.8. The van der Waals surface area contributed by atoms with Gasteiger partial charge in [0.2, 0.25) is 0 Å². The van der Waals surface area contributed by atoms with Crippen molar-refractivity contribution in [1.29, 1.82) is 0 Å². The van der Waals surface area contributed by atoms with Gasteiger partial charge in [0.05, 0.1) is 33.3 Å². The van der Waals surface area contributed by atoms with Gasteiger partial charge in [-0.25, -0.2) is 13.2 Å². The highest BCUT2D eigenvalue weighted by molar-refractivity contribution is 7.92. The summed E-state index contributed by atoms with van der Waals surface area (Å²) < 4.78 is 27.8. The van der Waals surface area contributed by atoms with Crippen LogP contribution in [-0.4, -0.2) is 59.3 Å². The van der Waals surface area contributed by atoms with E-state index in [1.165, 1.54) is 31.7 Å². The smallest absolute Gasteiger partial charge is 0.337 e. The maximum atomic E-state index is 12.8. The van der Waals surface area contributed by atoms with E-state index in [9.17, 15) is 43.4 Å². The van der Waals surface area contributed by atoms with E-state index in [2.05, 4.69) is 17.0 Å². The molecule has 250 valence electrons. The lowest BCUT2D eigenvalue weighted by molar-refractivity contribution is -0.384. The van der Waals surface area contributed by atoms with Crippen LogP contribution in [0.5, 0.6) is 0 Å². The minimum Gasteiger partial charge on any atom is -0.478 e. The summed E-state index contributed by atoms with van der Waals surface area (Å²) in [6.07, 6.45) is 12.1. The van der Waals surface area contributed by atoms with Crippen molar-refractivity contribution in [3.63, 3.8) is 0 Å². The molecule has 0 saturated heterocycles. The molecule has 13 heteroatoms. The van der Waals surface area contributed by atoms with Crippen LogP contribution in [0, 0.1) is 10.1 Å². The van der Waals surface area contributed by atoms with Crippen molar-refractivity contribution in [2.45, 2.75) is 114 Å². The molecule has 0 aromatic heterocycles. The number of aliphatic hydroxyl groups is 2. The summed E-state index contributed by atoms with van der Waals surface area (Å²) in [5.41, 5.74) is -0.909. The predicted octanol–water partition coefficient (Wildman–Crippen LogP) is 6.03. The predicted molar refractivity (Wildman–Crippen MR) is 172 cm³/mol. The van der Waals surface area contributed by atoms with Crippen molar-refractivity contribution in [3.05, 3.63) is 63.7 Å². The Morgan fingerprint density at radius 2 is 1.36 bits per heavy atom. The highest BCUT2D eigenvalue weighted by Crippen LogP contribution is 2.24. The minimum absolute atomic E-state index is 0.0682. The van der Waals surface area contributed by atoms with Crippen LogP contribution in [0.15, 0.2) is 47.4 Å². The first kappa shape index (κ1) is 37.6. The lowest BCUT2D eigenvalue weighted by Crippen LogP contribution is -2.25. The molecule has 0 aliphatic carbocycles. The van der Waals surface area contributed by atoms with Crippen molar-refractivity contribution < 1.29 is 38.2 Å². The summed E-state index contributed by atoms with van der Waals surface area (Å²) in [5.74, 6) is -1.89. The molecule has 2 rings (SSSR count). The number of hydrogen-bond acceptors (Lipinski definition) is 8. The van der Waals surface area contributed by atoms with Gasteiger partial charge in [-0.2, -0.15) is 0 Å². The first-order valence-electron chi connectivity index (χ1n) is 15.7. The molecule has 2 atom stereocenters. The van der Waals surface area contributed by atoms with E-state index in [0.717, 1.165) is 87.8 Å². The van der Waals surface area contributed by atoms with E-state index in [4.69, 9.17) is 0 Å². The first-order valence-corrected chi connectivity index (χ1v) is 17.2. The van der Waals surface area contributed by atoms with Crippen molar-refractivity contribution >= 4 is 33.3 Å². The molecule has 0 aliphatic rings. The Morgan fingerprint density at radius 3 is 1.89 bits per heavy atom. The van der Waals surface area contributed by atoms with E-state index >= 15 is 0 Å². The standard InChI is InChI=1S/C32H47N3O9S/c1-2-3-4-5-8-11-14-29(36)30(37)15-12-9-6-7-10-13-22-33-31(38)24-16-21-27(32(39)40)28(23-24)34-45(43,44)26-19-17-25(18-20-26)35(41)42/h16-21,23,29-30,34,36-37H,2-15,22H2,1H3,(H,33,38)(H,39,40). The fraction of sp³-hybridized carbons (Fsp3) is 0.562. The molecule has 1 amide bonds. The average Bonchev–Trinajstić information content (AvgIpc) is 3.01. The highest BCUT2D eigenvalue weighted by atomic mass is 32.2. The zero-order valence-electron chi connectivity index (χ0n) is 25.9. The summed E-state index contributed by atoms with van der Waals surface area (Å²) in [4.78, 5) is 34.2. The number of aromatic carboxylic acids is 1. The third-order valence-corrected chi connectivity index (χ3v) is 9.01. The summed E-state index contributed by atoms with van der Waals surface area (Å²) in [7, 11) is -4.30. The zero-order chi connectivity index (χ0) is 33.2. The van der Waals surface area contributed by atoms with E-state index < -0.39 is 39.0 Å². The zero-order valence-corrected chi connectivity index (χ0v) is 26.8. The van der Waals surface area contributed by atoms with Crippen LogP contribution in [-0.2, 0) is 10.0 Å². The van der Waals surface area contributed by atoms with E-state index in [-0.39, 0.29) is 27.4 Å². The van der Waals surface area contributed by atoms with Gasteiger partial charge in [-0.15, -0.1) is 0 Å². The maximum absolute atomic E-state index is 12.8. The van der Waals surface area contributed by atoms with Crippen molar-refractivity contribution in [2.75, 3.05) is 11.3 Å². The van der Waals surface area contributed by atoms with Gasteiger partial charge in [-0.3, -0.25) is 19.6 Å². The van der Waals surface area contributed by atoms with Crippen LogP contribution in [0.4, 0.5) is 11.4 Å². The van der Waals surface area contributed by atoms with Gasteiger partial charge in [0.1, 0.15) is 0 Å². The van der Waals surface area contributed by atoms with Gasteiger partial charge in [0.15, 0.2) is 0 Å². The molecule has 0 bridgehead atoms. The van der Waals surface area contributed by atoms with Gasteiger partial charge in [0, 0.05) is 24.2 Å². The fourth-order valence-electron chi connectivity index (χ4n) is 4.92. The number of carboxylic acid groups (broad SMARTS) is 1. The molecular weight excluding hydrogens is 602 g/mol. The van der Waals surface area contributed by atoms with E-state index in [1.807, 2.05) is 0 Å². The second kappa shape index (κ2) is 19.8. The second-order valence-corrected chi connectivity index (χ2v) is 13.0. The van der Waals surface area contributed by atoms with Gasteiger partial charge in [-0.05, 0) is 49.6 Å². The lowest BCUT2D eigenvalue weighted by atomic mass is 9.99. The Bertz CT molecular complexity index is 1330. The Balaban J connectivity index is 1.73. The number of nitrogens with one attached hydrogen (secondary N) is 2. The van der Waals surface area contributed by atoms with Crippen LogP contribution in [0.1, 0.15) is 118 Å². The molecule has 2 aromatic rings. The molecule has 0 aliphatic heterocycles. The molecule has 2 unspecified atom stereocenters. The SMILES string of the molecule is CCCCCCCCC(O)C(O)CCCCCCCCNC(=O)c1ccc(C(=O)O)c(NS(=O)(=O)c2ccc([N+](=O)[O-])cc2)c1. The molecular formula is C32H47N3O9S. The van der Waals surface area contributed by atoms with Crippen LogP contribution >= 0.6 is 0 Å². The molecule has 0 radical (unpaired) electrons. The number of nitro groups is 1. The average molecular weight is 650 g/mol. The van der Waals surface area contributed by atoms with Gasteiger partial charge in [-0.1, -0.05) is 77.6 Å². The Morgan fingerprint density at radius 1 is 0.822 bits per heavy atom. The van der Waals surface area contributed by atoms with Crippen molar-refractivity contribution in [3.8, 4) is 0 Å². The van der Waals surface area contributed by atoms with Crippen molar-refractivity contribution in [1.82, 2.24) is 5.32 Å². The molecule has 2 aromatic carbocycles. The molecule has 12 nitrogen and oxygen atoms in total. The molecule has 0 fully saturated rings. The number of rotatable bonds is 23. The third-order valence-electron chi connectivity index (χ3n) is 7.62. The van der Waals surface area contributed by atoms with Crippen molar-refractivity contribution in [2.24, 2.45) is 0 Å². The van der Waals surface area contributed by atoms with Crippen LogP contribution in [0.2, 0.25) is 0 Å². The Kier molecular flexibility index (Phi) is 16.5. The van der Waals surface area contributed by atoms with E-state index in [1.54, 1.807) is 0 Å². The van der Waals surface area contributed by atoms with Crippen LogP contribution in [0.3, 0.4) is 0 Å². The first-order chi connectivity index (χ1) is 21.5. The number of nitro benzene ring substituents is 1. The number of nitrogens with zero attached hydrogens (tertiary/aromatic N) is 1. The third kappa shape index (κ3) is 13.5. The van der Waals surface area contributed by atoms with Crippen LogP contribution < -0.4 is 10.0 Å². The molecule has 5 N–H and O–H groups in total. The van der Waals surface area contributed by atoms with Gasteiger partial charge < -0.3 is 20.6 Å². The number of carbonyl (C=O) groups excluding carboxylic acids is 1. The highest BCUT2D eigenvalue weighted by Gasteiger charge is 2.21. The largest absolute Gasteiger partial charge is 0.478 e. The van der Waals surface area contributed by atoms with Gasteiger partial charge in [0.25, 0.3) is 21.6 Å². The molecule has 0 spiro atoms.